The highest BCUT2D eigenvalue weighted by atomic mass is 16.5. The van der Waals surface area contributed by atoms with E-state index in [1.165, 1.54) is 0 Å². The minimum atomic E-state index is 0.0290. The van der Waals surface area contributed by atoms with Crippen LogP contribution in [0.3, 0.4) is 0 Å². The van der Waals surface area contributed by atoms with Crippen LogP contribution in [0.1, 0.15) is 25.5 Å². The molecule has 122 valence electrons. The molecule has 1 aromatic rings. The minimum Gasteiger partial charge on any atom is -0.497 e. The Morgan fingerprint density at radius 2 is 1.91 bits per heavy atom. The van der Waals surface area contributed by atoms with Crippen molar-refractivity contribution in [1.82, 2.24) is 15.5 Å². The first-order valence-electron chi connectivity index (χ1n) is 7.96. The van der Waals surface area contributed by atoms with Crippen LogP contribution >= 0.6 is 0 Å². The van der Waals surface area contributed by atoms with Crippen LogP contribution in [-0.2, 0) is 4.79 Å². The third-order valence-electron chi connectivity index (χ3n) is 4.03. The second-order valence-corrected chi connectivity index (χ2v) is 6.09. The van der Waals surface area contributed by atoms with Crippen molar-refractivity contribution in [1.29, 1.82) is 0 Å². The van der Waals surface area contributed by atoms with Crippen LogP contribution in [0.25, 0.3) is 0 Å². The van der Waals surface area contributed by atoms with Crippen molar-refractivity contribution in [2.75, 3.05) is 39.8 Å². The molecule has 1 aromatic carbocycles. The molecule has 0 saturated carbocycles. The lowest BCUT2D eigenvalue weighted by Gasteiger charge is -2.28. The van der Waals surface area contributed by atoms with Crippen molar-refractivity contribution < 1.29 is 9.53 Å². The van der Waals surface area contributed by atoms with Gasteiger partial charge in [0.2, 0.25) is 5.91 Å². The largest absolute Gasteiger partial charge is 0.497 e. The number of benzene rings is 1. The molecule has 1 aliphatic rings. The summed E-state index contributed by atoms with van der Waals surface area (Å²) in [4.78, 5) is 14.5. The highest BCUT2D eigenvalue weighted by molar-refractivity contribution is 5.78. The number of ether oxygens (including phenoxy) is 1. The summed E-state index contributed by atoms with van der Waals surface area (Å²) in [5.41, 5.74) is 1.12. The molecular formula is C17H27N3O2. The zero-order chi connectivity index (χ0) is 15.9. The number of carbonyl (C=O) groups excluding carboxylic acids is 1. The van der Waals surface area contributed by atoms with E-state index in [0.29, 0.717) is 12.5 Å². The van der Waals surface area contributed by atoms with Gasteiger partial charge < -0.3 is 15.4 Å². The van der Waals surface area contributed by atoms with Crippen LogP contribution in [0.15, 0.2) is 24.3 Å². The van der Waals surface area contributed by atoms with Crippen LogP contribution in [0.4, 0.5) is 0 Å². The van der Waals surface area contributed by atoms with Gasteiger partial charge in [-0.1, -0.05) is 26.0 Å². The van der Waals surface area contributed by atoms with Gasteiger partial charge in [0.25, 0.3) is 0 Å². The highest BCUT2D eigenvalue weighted by Gasteiger charge is 2.20. The van der Waals surface area contributed by atoms with Gasteiger partial charge in [0.05, 0.1) is 19.7 Å². The normalized spacial score (nSPS) is 17.3. The maximum atomic E-state index is 12.3. The van der Waals surface area contributed by atoms with Gasteiger partial charge in [0.1, 0.15) is 5.75 Å². The summed E-state index contributed by atoms with van der Waals surface area (Å²) in [5.74, 6) is 1.26. The Balaban J connectivity index is 1.96. The number of nitrogens with zero attached hydrogens (tertiary/aromatic N) is 1. The van der Waals surface area contributed by atoms with Crippen molar-refractivity contribution in [3.63, 3.8) is 0 Å². The molecule has 0 radical (unpaired) electrons. The van der Waals surface area contributed by atoms with Crippen LogP contribution < -0.4 is 15.4 Å². The van der Waals surface area contributed by atoms with E-state index >= 15 is 0 Å². The Labute approximate surface area is 133 Å². The Morgan fingerprint density at radius 1 is 1.27 bits per heavy atom. The number of hydrogen-bond donors (Lipinski definition) is 2. The molecule has 1 saturated heterocycles. The summed E-state index contributed by atoms with van der Waals surface area (Å²) in [7, 11) is 1.66. The molecule has 0 bridgehead atoms. The third kappa shape index (κ3) is 4.71. The molecule has 1 amide bonds. The number of methoxy groups -OCH3 is 1. The predicted octanol–water partition coefficient (Wildman–Crippen LogP) is 1.41. The van der Waals surface area contributed by atoms with Gasteiger partial charge in [-0.15, -0.1) is 0 Å². The summed E-state index contributed by atoms with van der Waals surface area (Å²) in [6.45, 7) is 8.50. The molecule has 1 atom stereocenters. The number of nitrogens with one attached hydrogen (secondary N) is 2. The Hall–Kier alpha value is -1.59. The van der Waals surface area contributed by atoms with Crippen LogP contribution in [-0.4, -0.2) is 50.6 Å². The first kappa shape index (κ1) is 16.8. The van der Waals surface area contributed by atoms with Crippen molar-refractivity contribution in [2.45, 2.75) is 19.9 Å². The van der Waals surface area contributed by atoms with E-state index in [-0.39, 0.29) is 11.9 Å². The number of amides is 1. The van der Waals surface area contributed by atoms with Gasteiger partial charge in [-0.2, -0.15) is 0 Å². The molecule has 5 heteroatoms. The molecule has 1 heterocycles. The zero-order valence-corrected chi connectivity index (χ0v) is 13.8. The fraction of sp³-hybridized carbons (Fsp3) is 0.588. The monoisotopic (exact) mass is 305 g/mol. The molecule has 1 unspecified atom stereocenters. The smallest absolute Gasteiger partial charge is 0.234 e. The van der Waals surface area contributed by atoms with Crippen molar-refractivity contribution in [3.05, 3.63) is 29.8 Å². The highest BCUT2D eigenvalue weighted by Crippen LogP contribution is 2.23. The lowest BCUT2D eigenvalue weighted by atomic mass is 9.96. The maximum Gasteiger partial charge on any atom is 0.234 e. The Bertz CT molecular complexity index is 467. The molecule has 2 rings (SSSR count). The quantitative estimate of drug-likeness (QED) is 0.834. The van der Waals surface area contributed by atoms with Crippen molar-refractivity contribution in [3.8, 4) is 5.75 Å². The SMILES string of the molecule is COc1ccc(C(NC(=O)CN2CCNCC2)C(C)C)cc1. The lowest BCUT2D eigenvalue weighted by molar-refractivity contribution is -0.123. The van der Waals surface area contributed by atoms with Gasteiger partial charge in [0, 0.05) is 26.2 Å². The first-order valence-corrected chi connectivity index (χ1v) is 7.96. The average molecular weight is 305 g/mol. The van der Waals surface area contributed by atoms with E-state index in [4.69, 9.17) is 4.74 Å². The zero-order valence-electron chi connectivity index (χ0n) is 13.8. The van der Waals surface area contributed by atoms with Gasteiger partial charge in [-0.05, 0) is 23.6 Å². The van der Waals surface area contributed by atoms with E-state index in [1.807, 2.05) is 24.3 Å². The Morgan fingerprint density at radius 3 is 2.45 bits per heavy atom. The molecular weight excluding hydrogens is 278 g/mol. The van der Waals surface area contributed by atoms with Gasteiger partial charge in [0.15, 0.2) is 0 Å². The summed E-state index contributed by atoms with van der Waals surface area (Å²) >= 11 is 0. The molecule has 2 N–H and O–H groups in total. The predicted molar refractivity (Wildman–Crippen MR) is 88.0 cm³/mol. The lowest BCUT2D eigenvalue weighted by Crippen LogP contribution is -2.48. The second kappa shape index (κ2) is 8.15. The number of hydrogen-bond acceptors (Lipinski definition) is 4. The molecule has 22 heavy (non-hydrogen) atoms. The van der Waals surface area contributed by atoms with Crippen LogP contribution in [0.2, 0.25) is 0 Å². The van der Waals surface area contributed by atoms with E-state index in [9.17, 15) is 4.79 Å². The minimum absolute atomic E-state index is 0.0290. The summed E-state index contributed by atoms with van der Waals surface area (Å²) in [5, 5.41) is 6.47. The summed E-state index contributed by atoms with van der Waals surface area (Å²) < 4.78 is 5.19. The van der Waals surface area contributed by atoms with Crippen molar-refractivity contribution >= 4 is 5.91 Å². The topological polar surface area (TPSA) is 53.6 Å². The van der Waals surface area contributed by atoms with E-state index in [1.54, 1.807) is 7.11 Å². The molecule has 0 aromatic heterocycles. The fourth-order valence-electron chi connectivity index (χ4n) is 2.74. The van der Waals surface area contributed by atoms with E-state index in [0.717, 1.165) is 37.5 Å². The first-order chi connectivity index (χ1) is 10.6. The number of rotatable bonds is 6. The van der Waals surface area contributed by atoms with Gasteiger partial charge in [-0.3, -0.25) is 9.69 Å². The standard InChI is InChI=1S/C17H27N3O2/c1-13(2)17(14-4-6-15(22-3)7-5-14)19-16(21)12-20-10-8-18-9-11-20/h4-7,13,17-18H,8-12H2,1-3H3,(H,19,21). The van der Waals surface area contributed by atoms with E-state index < -0.39 is 0 Å². The molecule has 0 aliphatic carbocycles. The third-order valence-corrected chi connectivity index (χ3v) is 4.03. The number of carbonyl (C=O) groups is 1. The maximum absolute atomic E-state index is 12.3. The van der Waals surface area contributed by atoms with Gasteiger partial charge >= 0.3 is 0 Å². The average Bonchev–Trinajstić information content (AvgIpc) is 2.53. The fourth-order valence-corrected chi connectivity index (χ4v) is 2.74. The second-order valence-electron chi connectivity index (χ2n) is 6.09. The summed E-state index contributed by atoms with van der Waals surface area (Å²) in [6, 6.07) is 7.95. The van der Waals surface area contributed by atoms with Crippen LogP contribution in [0.5, 0.6) is 5.75 Å². The summed E-state index contributed by atoms with van der Waals surface area (Å²) in [6.07, 6.45) is 0. The molecule has 5 nitrogen and oxygen atoms in total. The molecule has 1 aliphatic heterocycles. The van der Waals surface area contributed by atoms with E-state index in [2.05, 4.69) is 29.4 Å². The van der Waals surface area contributed by atoms with Crippen molar-refractivity contribution in [2.24, 2.45) is 5.92 Å². The Kier molecular flexibility index (Phi) is 6.21. The molecule has 1 fully saturated rings. The molecule has 0 spiro atoms. The van der Waals surface area contributed by atoms with Crippen LogP contribution in [0, 0.1) is 5.92 Å². The van der Waals surface area contributed by atoms with Gasteiger partial charge in [-0.25, -0.2) is 0 Å². The number of piperazine rings is 1.